The Labute approximate surface area is 179 Å². The topological polar surface area (TPSA) is 67.7 Å². The van der Waals surface area contributed by atoms with Crippen LogP contribution in [0.4, 0.5) is 13.2 Å². The average Bonchev–Trinajstić information content (AvgIpc) is 2.73. The number of amides is 1. The van der Waals surface area contributed by atoms with Gasteiger partial charge in [-0.15, -0.1) is 0 Å². The number of hydrogen-bond donors (Lipinski definition) is 0. The molecule has 0 atom stereocenters. The molecule has 1 aromatic heterocycles. The number of ether oxygens (including phenoxy) is 1. The second kappa shape index (κ2) is 10.7. The summed E-state index contributed by atoms with van der Waals surface area (Å²) in [6.45, 7) is 9.98. The first-order chi connectivity index (χ1) is 14.7. The first-order valence-corrected chi connectivity index (χ1v) is 9.78. The molecule has 2 heterocycles. The fourth-order valence-corrected chi connectivity index (χ4v) is 2.81. The van der Waals surface area contributed by atoms with Crippen molar-refractivity contribution in [3.63, 3.8) is 0 Å². The molecule has 9 heteroatoms. The maximum Gasteiger partial charge on any atom is 0.451 e. The SMILES string of the molecule is C=C(C)C(=O)N1CC=C(C(=N\C=C/C)/C(=C/CC)Oc2cnc(C(F)(F)F)nc2)CC1. The van der Waals surface area contributed by atoms with Crippen molar-refractivity contribution in [3.8, 4) is 5.75 Å². The Bertz CT molecular complexity index is 929. The molecule has 0 fully saturated rings. The minimum atomic E-state index is -4.63. The lowest BCUT2D eigenvalue weighted by Gasteiger charge is -2.27. The van der Waals surface area contributed by atoms with E-state index in [9.17, 15) is 18.0 Å². The molecule has 0 saturated heterocycles. The maximum atomic E-state index is 12.7. The summed E-state index contributed by atoms with van der Waals surface area (Å²) in [6.07, 6.45) is 5.53. The third kappa shape index (κ3) is 6.63. The van der Waals surface area contributed by atoms with E-state index in [2.05, 4.69) is 21.5 Å². The number of alkyl halides is 3. The quantitative estimate of drug-likeness (QED) is 0.349. The van der Waals surface area contributed by atoms with Crippen LogP contribution >= 0.6 is 0 Å². The normalized spacial score (nSPS) is 15.8. The third-order valence-electron chi connectivity index (χ3n) is 4.25. The Morgan fingerprint density at radius 3 is 2.52 bits per heavy atom. The van der Waals surface area contributed by atoms with Gasteiger partial charge in [-0.1, -0.05) is 25.7 Å². The minimum absolute atomic E-state index is 0.0661. The highest BCUT2D eigenvalue weighted by Gasteiger charge is 2.34. The lowest BCUT2D eigenvalue weighted by atomic mass is 10.00. The molecule has 2 rings (SSSR count). The lowest BCUT2D eigenvalue weighted by molar-refractivity contribution is -0.145. The van der Waals surface area contributed by atoms with Crippen LogP contribution in [0.15, 0.2) is 65.3 Å². The molecular formula is C22H25F3N4O2. The monoisotopic (exact) mass is 434 g/mol. The predicted octanol–water partition coefficient (Wildman–Crippen LogP) is 4.88. The molecule has 0 bridgehead atoms. The molecule has 0 aromatic carbocycles. The Morgan fingerprint density at radius 2 is 2.03 bits per heavy atom. The minimum Gasteiger partial charge on any atom is -0.452 e. The molecule has 166 valence electrons. The van der Waals surface area contributed by atoms with Gasteiger partial charge >= 0.3 is 6.18 Å². The van der Waals surface area contributed by atoms with Gasteiger partial charge in [-0.05, 0) is 38.3 Å². The Balaban J connectivity index is 2.31. The number of hydrogen-bond acceptors (Lipinski definition) is 5. The van der Waals surface area contributed by atoms with Crippen LogP contribution in [-0.4, -0.2) is 39.6 Å². The fourth-order valence-electron chi connectivity index (χ4n) is 2.81. The number of carbonyl (C=O) groups is 1. The number of halogens is 3. The number of nitrogens with zero attached hydrogens (tertiary/aromatic N) is 4. The van der Waals surface area contributed by atoms with Crippen LogP contribution in [0, 0.1) is 0 Å². The van der Waals surface area contributed by atoms with Crippen molar-refractivity contribution in [2.45, 2.75) is 39.8 Å². The van der Waals surface area contributed by atoms with E-state index in [1.165, 1.54) is 0 Å². The first kappa shape index (κ1) is 24.0. The van der Waals surface area contributed by atoms with E-state index in [1.54, 1.807) is 30.2 Å². The van der Waals surface area contributed by atoms with Gasteiger partial charge in [0.15, 0.2) is 5.75 Å². The smallest absolute Gasteiger partial charge is 0.451 e. The van der Waals surface area contributed by atoms with E-state index in [0.717, 1.165) is 18.0 Å². The van der Waals surface area contributed by atoms with Gasteiger partial charge in [-0.2, -0.15) is 13.2 Å². The lowest BCUT2D eigenvalue weighted by Crippen LogP contribution is -2.36. The zero-order valence-electron chi connectivity index (χ0n) is 17.7. The number of aliphatic imine (C=N–C) groups is 1. The number of aromatic nitrogens is 2. The first-order valence-electron chi connectivity index (χ1n) is 9.78. The Hall–Kier alpha value is -3.23. The van der Waals surface area contributed by atoms with Crippen LogP contribution in [0.25, 0.3) is 0 Å². The van der Waals surface area contributed by atoms with Crippen molar-refractivity contribution < 1.29 is 22.7 Å². The van der Waals surface area contributed by atoms with Crippen molar-refractivity contribution >= 4 is 11.6 Å². The van der Waals surface area contributed by atoms with Gasteiger partial charge in [0, 0.05) is 24.9 Å². The molecule has 0 spiro atoms. The van der Waals surface area contributed by atoms with Gasteiger partial charge in [-0.25, -0.2) is 9.97 Å². The van der Waals surface area contributed by atoms with Gasteiger partial charge in [0.1, 0.15) is 11.5 Å². The van der Waals surface area contributed by atoms with Crippen LogP contribution in [0.5, 0.6) is 5.75 Å². The highest BCUT2D eigenvalue weighted by atomic mass is 19.4. The standard InChI is InChI=1S/C22H25F3N4O2/c1-5-7-18(31-17-13-27-21(28-14-17)22(23,24)25)19(26-10-6-2)16-8-11-29(12-9-16)20(30)15(3)4/h6-8,10,13-14H,3,5,9,11-12H2,1-2,4H3/b10-6-,18-7-,26-19+. The molecule has 31 heavy (non-hydrogen) atoms. The summed E-state index contributed by atoms with van der Waals surface area (Å²) in [6, 6.07) is 0. The van der Waals surface area contributed by atoms with Gasteiger partial charge in [0.25, 0.3) is 0 Å². The van der Waals surface area contributed by atoms with Crippen molar-refractivity contribution in [2.75, 3.05) is 13.1 Å². The van der Waals surface area contributed by atoms with E-state index in [1.807, 2.05) is 19.9 Å². The summed E-state index contributed by atoms with van der Waals surface area (Å²) in [5.74, 6) is -0.892. The second-order valence-corrected chi connectivity index (χ2v) is 6.79. The molecule has 1 aliphatic rings. The van der Waals surface area contributed by atoms with Crippen LogP contribution in [0.1, 0.15) is 39.4 Å². The molecule has 0 unspecified atom stereocenters. The average molecular weight is 434 g/mol. The molecule has 1 amide bonds. The van der Waals surface area contributed by atoms with Gasteiger partial charge < -0.3 is 9.64 Å². The summed E-state index contributed by atoms with van der Waals surface area (Å²) in [7, 11) is 0. The highest BCUT2D eigenvalue weighted by Crippen LogP contribution is 2.27. The summed E-state index contributed by atoms with van der Waals surface area (Å²) in [5, 5.41) is 0. The fraction of sp³-hybridized carbons (Fsp3) is 0.364. The predicted molar refractivity (Wildman–Crippen MR) is 112 cm³/mol. The number of allylic oxidation sites excluding steroid dienone is 3. The summed E-state index contributed by atoms with van der Waals surface area (Å²) in [4.78, 5) is 25.0. The largest absolute Gasteiger partial charge is 0.452 e. The van der Waals surface area contributed by atoms with Crippen molar-refractivity contribution in [3.05, 3.63) is 66.1 Å². The molecule has 0 radical (unpaired) electrons. The Morgan fingerprint density at radius 1 is 1.35 bits per heavy atom. The summed E-state index contributed by atoms with van der Waals surface area (Å²) < 4.78 is 43.9. The zero-order valence-corrected chi connectivity index (χ0v) is 17.7. The van der Waals surface area contributed by atoms with Crippen molar-refractivity contribution in [2.24, 2.45) is 4.99 Å². The van der Waals surface area contributed by atoms with Gasteiger partial charge in [0.2, 0.25) is 11.7 Å². The number of carbonyl (C=O) groups excluding carboxylic acids is 1. The van der Waals surface area contributed by atoms with Crippen molar-refractivity contribution in [1.82, 2.24) is 14.9 Å². The Kier molecular flexibility index (Phi) is 8.30. The maximum absolute atomic E-state index is 12.7. The molecule has 1 aliphatic heterocycles. The molecule has 0 saturated carbocycles. The number of rotatable bonds is 7. The van der Waals surface area contributed by atoms with E-state index < -0.39 is 12.0 Å². The van der Waals surface area contributed by atoms with E-state index in [4.69, 9.17) is 4.74 Å². The van der Waals surface area contributed by atoms with E-state index in [-0.39, 0.29) is 11.7 Å². The van der Waals surface area contributed by atoms with E-state index in [0.29, 0.717) is 43.0 Å². The van der Waals surface area contributed by atoms with Crippen LogP contribution in [-0.2, 0) is 11.0 Å². The summed E-state index contributed by atoms with van der Waals surface area (Å²) >= 11 is 0. The molecule has 6 nitrogen and oxygen atoms in total. The molecule has 0 N–H and O–H groups in total. The third-order valence-corrected chi connectivity index (χ3v) is 4.25. The van der Waals surface area contributed by atoms with Gasteiger partial charge in [-0.3, -0.25) is 9.79 Å². The van der Waals surface area contributed by atoms with Crippen LogP contribution in [0.3, 0.4) is 0 Å². The molecule has 1 aromatic rings. The second-order valence-electron chi connectivity index (χ2n) is 6.79. The molecular weight excluding hydrogens is 409 g/mol. The van der Waals surface area contributed by atoms with E-state index >= 15 is 0 Å². The van der Waals surface area contributed by atoms with Crippen molar-refractivity contribution in [1.29, 1.82) is 0 Å². The van der Waals surface area contributed by atoms with Gasteiger partial charge in [0.05, 0.1) is 12.4 Å². The summed E-state index contributed by atoms with van der Waals surface area (Å²) in [5.41, 5.74) is 1.88. The van der Waals surface area contributed by atoms with Crippen LogP contribution < -0.4 is 4.74 Å². The zero-order chi connectivity index (χ0) is 23.0. The molecule has 0 aliphatic carbocycles. The highest BCUT2D eigenvalue weighted by molar-refractivity contribution is 6.12. The van der Waals surface area contributed by atoms with Crippen LogP contribution in [0.2, 0.25) is 0 Å².